The number of carbonyl (C=O) groups is 1. The van der Waals surface area contributed by atoms with E-state index in [-0.39, 0.29) is 22.9 Å². The summed E-state index contributed by atoms with van der Waals surface area (Å²) in [5.41, 5.74) is 6.26. The van der Waals surface area contributed by atoms with Crippen molar-refractivity contribution in [3.05, 3.63) is 55.4 Å². The molecule has 1 amide bonds. The minimum Gasteiger partial charge on any atom is -0.294 e. The molecule has 0 saturated heterocycles. The first-order valence-electron chi connectivity index (χ1n) is 7.70. The second kappa shape index (κ2) is 6.89. The smallest absolute Gasteiger partial charge is 0.294 e. The van der Waals surface area contributed by atoms with Crippen LogP contribution in [0, 0.1) is 6.92 Å². The van der Waals surface area contributed by atoms with Gasteiger partial charge in [0.05, 0.1) is 10.9 Å². The number of anilines is 1. The number of fused-ring (bicyclic) bond motifs is 1. The van der Waals surface area contributed by atoms with Crippen molar-refractivity contribution in [2.24, 2.45) is 0 Å². The Labute approximate surface area is 146 Å². The van der Waals surface area contributed by atoms with E-state index < -0.39 is 5.91 Å². The van der Waals surface area contributed by atoms with Crippen molar-refractivity contribution in [1.29, 1.82) is 0 Å². The Bertz CT molecular complexity index is 1050. The van der Waals surface area contributed by atoms with Crippen LogP contribution in [0.1, 0.15) is 12.6 Å². The highest BCUT2D eigenvalue weighted by atomic mass is 32.1. The van der Waals surface area contributed by atoms with E-state index in [4.69, 9.17) is 0 Å². The number of hydrazine groups is 1. The van der Waals surface area contributed by atoms with Gasteiger partial charge >= 0.3 is 4.87 Å². The molecule has 25 heavy (non-hydrogen) atoms. The fraction of sp³-hybridized carbons (Fsp3) is 0.250. The van der Waals surface area contributed by atoms with Gasteiger partial charge in [-0.25, -0.2) is 4.98 Å². The number of hydrogen-bond donors (Lipinski definition) is 2. The van der Waals surface area contributed by atoms with Gasteiger partial charge in [0, 0.05) is 17.6 Å². The molecule has 0 aliphatic heterocycles. The second-order valence-corrected chi connectivity index (χ2v) is 6.22. The quantitative estimate of drug-likeness (QED) is 0.665. The number of benzene rings is 1. The molecule has 2 N–H and O–H groups in total. The van der Waals surface area contributed by atoms with Crippen molar-refractivity contribution >= 4 is 34.1 Å². The van der Waals surface area contributed by atoms with Crippen LogP contribution in [0.5, 0.6) is 0 Å². The van der Waals surface area contributed by atoms with Crippen LogP contribution in [-0.2, 0) is 17.9 Å². The number of aromatic nitrogens is 3. The average molecular weight is 359 g/mol. The van der Waals surface area contributed by atoms with Crippen LogP contribution >= 0.6 is 11.3 Å². The van der Waals surface area contributed by atoms with Gasteiger partial charge in [-0.05, 0) is 26.0 Å². The minimum atomic E-state index is -0.409. The summed E-state index contributed by atoms with van der Waals surface area (Å²) in [6.07, 6.45) is 0. The third-order valence-corrected chi connectivity index (χ3v) is 4.65. The van der Waals surface area contributed by atoms with E-state index >= 15 is 0 Å². The van der Waals surface area contributed by atoms with Gasteiger partial charge in [-0.2, -0.15) is 0 Å². The zero-order valence-corrected chi connectivity index (χ0v) is 14.6. The normalized spacial score (nSPS) is 10.8. The highest BCUT2D eigenvalue weighted by molar-refractivity contribution is 7.07. The molecule has 1 aromatic carbocycles. The van der Waals surface area contributed by atoms with Gasteiger partial charge in [0.15, 0.2) is 0 Å². The Kier molecular flexibility index (Phi) is 4.66. The van der Waals surface area contributed by atoms with Gasteiger partial charge < -0.3 is 0 Å². The van der Waals surface area contributed by atoms with Gasteiger partial charge in [-0.1, -0.05) is 23.5 Å². The first-order chi connectivity index (χ1) is 12.0. The largest absolute Gasteiger partial charge is 0.307 e. The minimum absolute atomic E-state index is 0.106. The van der Waals surface area contributed by atoms with Crippen LogP contribution < -0.4 is 21.3 Å². The molecule has 8 nitrogen and oxygen atoms in total. The predicted octanol–water partition coefficient (Wildman–Crippen LogP) is 1.09. The summed E-state index contributed by atoms with van der Waals surface area (Å²) in [6, 6.07) is 7.02. The summed E-state index contributed by atoms with van der Waals surface area (Å²) >= 11 is 1.05. The molecule has 0 bridgehead atoms. The summed E-state index contributed by atoms with van der Waals surface area (Å²) < 4.78 is 2.81. The zero-order chi connectivity index (χ0) is 18.0. The van der Waals surface area contributed by atoms with Gasteiger partial charge in [0.2, 0.25) is 5.95 Å². The molecule has 0 unspecified atom stereocenters. The van der Waals surface area contributed by atoms with E-state index in [1.54, 1.807) is 36.6 Å². The molecule has 130 valence electrons. The molecular formula is C16H17N5O3S. The number of nitrogens with zero attached hydrogens (tertiary/aromatic N) is 3. The molecule has 0 fully saturated rings. The lowest BCUT2D eigenvalue weighted by molar-refractivity contribution is -0.121. The topological polar surface area (TPSA) is 98.0 Å². The highest BCUT2D eigenvalue weighted by Gasteiger charge is 2.12. The first kappa shape index (κ1) is 16.9. The predicted molar refractivity (Wildman–Crippen MR) is 96.8 cm³/mol. The van der Waals surface area contributed by atoms with Crippen LogP contribution in [0.25, 0.3) is 10.9 Å². The molecule has 9 heteroatoms. The third kappa shape index (κ3) is 3.31. The number of thiazole rings is 1. The Morgan fingerprint density at radius 2 is 2.00 bits per heavy atom. The molecule has 0 aliphatic rings. The number of amides is 1. The highest BCUT2D eigenvalue weighted by Crippen LogP contribution is 2.10. The Balaban J connectivity index is 1.82. The van der Waals surface area contributed by atoms with Crippen molar-refractivity contribution in [3.63, 3.8) is 0 Å². The third-order valence-electron chi connectivity index (χ3n) is 3.77. The van der Waals surface area contributed by atoms with Crippen molar-refractivity contribution in [2.75, 3.05) is 5.43 Å². The van der Waals surface area contributed by atoms with E-state index in [1.807, 2.05) is 6.92 Å². The zero-order valence-electron chi connectivity index (χ0n) is 13.8. The summed E-state index contributed by atoms with van der Waals surface area (Å²) in [4.78, 5) is 40.4. The van der Waals surface area contributed by atoms with Gasteiger partial charge in [-0.15, -0.1) is 0 Å². The molecule has 2 aromatic heterocycles. The standard InChI is InChI=1S/C16H17N5O3S/c1-3-20-14(23)11-6-4-5-7-12(11)17-15(20)19-18-13(22)8-21-10(2)9-25-16(21)24/h4-7,9H,3,8H2,1-2H3,(H,17,19)(H,18,22). The van der Waals surface area contributed by atoms with E-state index in [1.165, 1.54) is 9.13 Å². The average Bonchev–Trinajstić information content (AvgIpc) is 2.92. The van der Waals surface area contributed by atoms with E-state index in [9.17, 15) is 14.4 Å². The molecule has 0 atom stereocenters. The van der Waals surface area contributed by atoms with Crippen LogP contribution in [-0.4, -0.2) is 20.0 Å². The maximum atomic E-state index is 12.5. The number of para-hydroxylation sites is 1. The van der Waals surface area contributed by atoms with Gasteiger partial charge in [-0.3, -0.25) is 34.4 Å². The molecule has 0 aliphatic carbocycles. The second-order valence-electron chi connectivity index (χ2n) is 5.40. The fourth-order valence-corrected chi connectivity index (χ4v) is 3.20. The number of carbonyl (C=O) groups excluding carboxylic acids is 1. The Morgan fingerprint density at radius 1 is 1.24 bits per heavy atom. The van der Waals surface area contributed by atoms with Crippen molar-refractivity contribution in [1.82, 2.24) is 19.5 Å². The molecule has 2 heterocycles. The molecule has 3 rings (SSSR count). The number of hydrogen-bond acceptors (Lipinski definition) is 6. The number of rotatable bonds is 5. The van der Waals surface area contributed by atoms with E-state index in [0.717, 1.165) is 17.0 Å². The lowest BCUT2D eigenvalue weighted by atomic mass is 10.2. The van der Waals surface area contributed by atoms with Crippen molar-refractivity contribution in [3.8, 4) is 0 Å². The lowest BCUT2D eigenvalue weighted by Crippen LogP contribution is -2.37. The number of nitrogens with one attached hydrogen (secondary N) is 2. The van der Waals surface area contributed by atoms with Crippen molar-refractivity contribution < 1.29 is 4.79 Å². The van der Waals surface area contributed by atoms with Crippen LogP contribution in [0.15, 0.2) is 39.2 Å². The SMILES string of the molecule is CCn1c(NNC(=O)Cn2c(C)csc2=O)nc2ccccc2c1=O. The summed E-state index contributed by atoms with van der Waals surface area (Å²) in [5.74, 6) is -0.164. The molecule has 3 aromatic rings. The first-order valence-corrected chi connectivity index (χ1v) is 8.58. The molecule has 0 radical (unpaired) electrons. The Hall–Kier alpha value is -2.94. The lowest BCUT2D eigenvalue weighted by Gasteiger charge is -2.14. The summed E-state index contributed by atoms with van der Waals surface area (Å²) in [5, 5.41) is 2.21. The maximum Gasteiger partial charge on any atom is 0.307 e. The molecular weight excluding hydrogens is 342 g/mol. The Morgan fingerprint density at radius 3 is 2.68 bits per heavy atom. The van der Waals surface area contributed by atoms with E-state index in [0.29, 0.717) is 17.4 Å². The van der Waals surface area contributed by atoms with Crippen LogP contribution in [0.3, 0.4) is 0 Å². The fourth-order valence-electron chi connectivity index (χ4n) is 2.46. The van der Waals surface area contributed by atoms with Gasteiger partial charge in [0.25, 0.3) is 11.5 Å². The van der Waals surface area contributed by atoms with Crippen LogP contribution in [0.2, 0.25) is 0 Å². The van der Waals surface area contributed by atoms with E-state index in [2.05, 4.69) is 15.8 Å². The van der Waals surface area contributed by atoms with Crippen molar-refractivity contribution in [2.45, 2.75) is 26.9 Å². The van der Waals surface area contributed by atoms with Gasteiger partial charge in [0.1, 0.15) is 6.54 Å². The molecule has 0 spiro atoms. The van der Waals surface area contributed by atoms with Crippen LogP contribution in [0.4, 0.5) is 5.95 Å². The molecule has 0 saturated carbocycles. The maximum absolute atomic E-state index is 12.5. The number of aryl methyl sites for hydroxylation is 1. The summed E-state index contributed by atoms with van der Waals surface area (Å²) in [7, 11) is 0. The monoisotopic (exact) mass is 359 g/mol. The summed E-state index contributed by atoms with van der Waals surface area (Å²) in [6.45, 7) is 3.88.